The van der Waals surface area contributed by atoms with E-state index in [1.54, 1.807) is 55.5 Å². The number of amides is 2. The molecule has 1 aromatic heterocycles. The number of nitrogens with zero attached hydrogens (tertiary/aromatic N) is 1. The molecule has 2 amide bonds. The number of hydrogen-bond acceptors (Lipinski definition) is 4. The van der Waals surface area contributed by atoms with Crippen LogP contribution in [-0.4, -0.2) is 36.9 Å². The number of carbonyl (C=O) groups is 2. The van der Waals surface area contributed by atoms with Gasteiger partial charge in [0.05, 0.1) is 12.8 Å². The van der Waals surface area contributed by atoms with Gasteiger partial charge in [-0.2, -0.15) is 0 Å². The highest BCUT2D eigenvalue weighted by molar-refractivity contribution is 5.98. The Hall–Kier alpha value is -3.61. The van der Waals surface area contributed by atoms with Gasteiger partial charge < -0.3 is 19.4 Å². The number of methoxy groups -OCH3 is 1. The van der Waals surface area contributed by atoms with Gasteiger partial charge in [0.1, 0.15) is 23.9 Å². The second-order valence-corrected chi connectivity index (χ2v) is 6.24. The summed E-state index contributed by atoms with van der Waals surface area (Å²) < 4.78 is 23.9. The number of carbonyl (C=O) groups excluding carboxylic acids is 2. The predicted octanol–water partition coefficient (Wildman–Crippen LogP) is 4.20. The zero-order valence-electron chi connectivity index (χ0n) is 16.1. The summed E-state index contributed by atoms with van der Waals surface area (Å²) in [5.41, 5.74) is 1.18. The Morgan fingerprint density at radius 1 is 1.07 bits per heavy atom. The standard InChI is InChI=1S/C22H21FN2O4/c1-3-25(14-21(26)24-17-6-4-5-7-19(17)28-2)22(27)20-13-12-18(29-20)15-8-10-16(23)11-9-15/h4-13H,3,14H2,1-2H3,(H,24,26). The molecule has 1 heterocycles. The maximum Gasteiger partial charge on any atom is 0.290 e. The quantitative estimate of drug-likeness (QED) is 0.650. The SMILES string of the molecule is CCN(CC(=O)Nc1ccccc1OC)C(=O)c1ccc(-c2ccc(F)cc2)o1. The molecule has 0 aliphatic carbocycles. The molecule has 3 rings (SSSR count). The molecule has 0 aliphatic heterocycles. The van der Waals surface area contributed by atoms with Gasteiger partial charge in [0.2, 0.25) is 5.91 Å². The normalized spacial score (nSPS) is 10.4. The summed E-state index contributed by atoms with van der Waals surface area (Å²) in [7, 11) is 1.52. The van der Waals surface area contributed by atoms with Crippen molar-refractivity contribution in [2.24, 2.45) is 0 Å². The lowest BCUT2D eigenvalue weighted by atomic mass is 10.2. The average molecular weight is 396 g/mol. The molecule has 0 saturated heterocycles. The first-order valence-corrected chi connectivity index (χ1v) is 9.09. The van der Waals surface area contributed by atoms with Gasteiger partial charge in [-0.3, -0.25) is 9.59 Å². The Morgan fingerprint density at radius 2 is 1.79 bits per heavy atom. The molecule has 150 valence electrons. The molecule has 0 bridgehead atoms. The molecule has 2 aromatic carbocycles. The van der Waals surface area contributed by atoms with Crippen LogP contribution in [0.4, 0.5) is 10.1 Å². The van der Waals surface area contributed by atoms with E-state index in [0.717, 1.165) is 0 Å². The van der Waals surface area contributed by atoms with Crippen molar-refractivity contribution in [3.8, 4) is 17.1 Å². The van der Waals surface area contributed by atoms with Gasteiger partial charge >= 0.3 is 0 Å². The lowest BCUT2D eigenvalue weighted by Gasteiger charge is -2.19. The zero-order chi connectivity index (χ0) is 20.8. The Balaban J connectivity index is 1.69. The van der Waals surface area contributed by atoms with Crippen LogP contribution >= 0.6 is 0 Å². The van der Waals surface area contributed by atoms with Crippen molar-refractivity contribution in [2.75, 3.05) is 25.5 Å². The lowest BCUT2D eigenvalue weighted by Crippen LogP contribution is -2.37. The molecule has 6 nitrogen and oxygen atoms in total. The van der Waals surface area contributed by atoms with E-state index in [-0.39, 0.29) is 24.0 Å². The number of nitrogens with one attached hydrogen (secondary N) is 1. The van der Waals surface area contributed by atoms with Gasteiger partial charge in [0, 0.05) is 12.1 Å². The van der Waals surface area contributed by atoms with Crippen molar-refractivity contribution >= 4 is 17.5 Å². The van der Waals surface area contributed by atoms with Crippen molar-refractivity contribution in [3.05, 3.63) is 72.2 Å². The van der Waals surface area contributed by atoms with Crippen LogP contribution in [0, 0.1) is 5.82 Å². The molecule has 7 heteroatoms. The molecule has 0 spiro atoms. The molecular formula is C22H21FN2O4. The number of benzene rings is 2. The van der Waals surface area contributed by atoms with Crippen LogP contribution in [0.2, 0.25) is 0 Å². The minimum Gasteiger partial charge on any atom is -0.495 e. The number of hydrogen-bond donors (Lipinski definition) is 1. The van der Waals surface area contributed by atoms with E-state index in [0.29, 0.717) is 29.3 Å². The Bertz CT molecular complexity index is 998. The third kappa shape index (κ3) is 4.82. The number of likely N-dealkylation sites (N-methyl/N-ethyl adjacent to an activating group) is 1. The Morgan fingerprint density at radius 3 is 2.48 bits per heavy atom. The first kappa shape index (κ1) is 20.1. The maximum atomic E-state index is 13.1. The second-order valence-electron chi connectivity index (χ2n) is 6.24. The summed E-state index contributed by atoms with van der Waals surface area (Å²) in [6.07, 6.45) is 0. The minimum absolute atomic E-state index is 0.108. The molecule has 0 radical (unpaired) electrons. The molecular weight excluding hydrogens is 375 g/mol. The first-order chi connectivity index (χ1) is 14.0. The first-order valence-electron chi connectivity index (χ1n) is 9.09. The summed E-state index contributed by atoms with van der Waals surface area (Å²) in [6, 6.07) is 16.0. The van der Waals surface area contributed by atoms with Gasteiger partial charge in [-0.15, -0.1) is 0 Å². The smallest absolute Gasteiger partial charge is 0.290 e. The van der Waals surface area contributed by atoms with Crippen LogP contribution in [0.25, 0.3) is 11.3 Å². The van der Waals surface area contributed by atoms with E-state index in [1.165, 1.54) is 24.1 Å². The Kier molecular flexibility index (Phi) is 6.29. The molecule has 0 unspecified atom stereocenters. The summed E-state index contributed by atoms with van der Waals surface area (Å²) >= 11 is 0. The van der Waals surface area contributed by atoms with Crippen molar-refractivity contribution in [1.82, 2.24) is 4.90 Å². The van der Waals surface area contributed by atoms with Gasteiger partial charge in [0.15, 0.2) is 5.76 Å². The van der Waals surface area contributed by atoms with Crippen LogP contribution in [0.1, 0.15) is 17.5 Å². The summed E-state index contributed by atoms with van der Waals surface area (Å²) in [6.45, 7) is 1.96. The van der Waals surface area contributed by atoms with Gasteiger partial charge in [0.25, 0.3) is 5.91 Å². The van der Waals surface area contributed by atoms with E-state index in [4.69, 9.17) is 9.15 Å². The zero-order valence-corrected chi connectivity index (χ0v) is 16.1. The van der Waals surface area contributed by atoms with E-state index in [2.05, 4.69) is 5.32 Å². The van der Waals surface area contributed by atoms with Gasteiger partial charge in [-0.1, -0.05) is 12.1 Å². The Labute approximate surface area is 167 Å². The van der Waals surface area contributed by atoms with Crippen molar-refractivity contribution < 1.29 is 23.1 Å². The molecule has 3 aromatic rings. The monoisotopic (exact) mass is 396 g/mol. The van der Waals surface area contributed by atoms with E-state index < -0.39 is 5.91 Å². The van der Waals surface area contributed by atoms with E-state index in [9.17, 15) is 14.0 Å². The van der Waals surface area contributed by atoms with Crippen LogP contribution in [-0.2, 0) is 4.79 Å². The molecule has 29 heavy (non-hydrogen) atoms. The van der Waals surface area contributed by atoms with Crippen molar-refractivity contribution in [1.29, 1.82) is 0 Å². The van der Waals surface area contributed by atoms with Crippen LogP contribution in [0.15, 0.2) is 65.1 Å². The highest BCUT2D eigenvalue weighted by atomic mass is 19.1. The highest BCUT2D eigenvalue weighted by Gasteiger charge is 2.21. The van der Waals surface area contributed by atoms with Gasteiger partial charge in [-0.05, 0) is 55.5 Å². The minimum atomic E-state index is -0.406. The fourth-order valence-electron chi connectivity index (χ4n) is 2.82. The fraction of sp³-hybridized carbons (Fsp3) is 0.182. The predicted molar refractivity (Wildman–Crippen MR) is 107 cm³/mol. The largest absolute Gasteiger partial charge is 0.495 e. The van der Waals surface area contributed by atoms with Crippen molar-refractivity contribution in [2.45, 2.75) is 6.92 Å². The highest BCUT2D eigenvalue weighted by Crippen LogP contribution is 2.24. The number of rotatable bonds is 7. The van der Waals surface area contributed by atoms with Crippen molar-refractivity contribution in [3.63, 3.8) is 0 Å². The third-order valence-corrected chi connectivity index (χ3v) is 4.33. The number of ether oxygens (including phenoxy) is 1. The van der Waals surface area contributed by atoms with E-state index in [1.807, 2.05) is 0 Å². The van der Waals surface area contributed by atoms with Crippen LogP contribution in [0.3, 0.4) is 0 Å². The molecule has 1 N–H and O–H groups in total. The maximum absolute atomic E-state index is 13.1. The topological polar surface area (TPSA) is 71.8 Å². The molecule has 0 aliphatic rings. The molecule has 0 atom stereocenters. The second kappa shape index (κ2) is 9.05. The fourth-order valence-corrected chi connectivity index (χ4v) is 2.82. The lowest BCUT2D eigenvalue weighted by molar-refractivity contribution is -0.116. The number of anilines is 1. The molecule has 0 saturated carbocycles. The molecule has 0 fully saturated rings. The van der Waals surface area contributed by atoms with Gasteiger partial charge in [-0.25, -0.2) is 4.39 Å². The average Bonchev–Trinajstić information content (AvgIpc) is 3.22. The van der Waals surface area contributed by atoms with E-state index >= 15 is 0 Å². The third-order valence-electron chi connectivity index (χ3n) is 4.33. The van der Waals surface area contributed by atoms with Crippen LogP contribution in [0.5, 0.6) is 5.75 Å². The number of furan rings is 1. The summed E-state index contributed by atoms with van der Waals surface area (Å²) in [5, 5.41) is 2.74. The summed E-state index contributed by atoms with van der Waals surface area (Å²) in [5.74, 6) is -0.0229. The van der Waals surface area contributed by atoms with Crippen LogP contribution < -0.4 is 10.1 Å². The number of para-hydroxylation sites is 2. The summed E-state index contributed by atoms with van der Waals surface area (Å²) in [4.78, 5) is 26.5. The number of halogens is 1.